The molecule has 0 saturated heterocycles. The number of rotatable bonds is 0. The van der Waals surface area contributed by atoms with Gasteiger partial charge in [0.2, 0.25) is 0 Å². The van der Waals surface area contributed by atoms with Crippen molar-refractivity contribution in [3.8, 4) is 0 Å². The summed E-state index contributed by atoms with van der Waals surface area (Å²) in [5.74, 6) is -0.319. The van der Waals surface area contributed by atoms with Crippen molar-refractivity contribution >= 4 is 0 Å². The normalized spacial score (nSPS) is 7.89. The smallest absolute Gasteiger partial charge is 0.416 e. The molecule has 3 heteroatoms. The molecule has 52 valence electrons. The van der Waals surface area contributed by atoms with Crippen LogP contribution in [0.4, 0.5) is 0 Å². The zero-order valence-corrected chi connectivity index (χ0v) is 5.92. The molecular weight excluding hydrogens is 118 g/mol. The average molecular weight is 129 g/mol. The minimum atomic E-state index is -0.319. The van der Waals surface area contributed by atoms with Crippen LogP contribution in [0, 0.1) is 0 Å². The highest BCUT2D eigenvalue weighted by atomic mass is 16.4. The first-order valence-corrected chi connectivity index (χ1v) is 2.91. The van der Waals surface area contributed by atoms with Gasteiger partial charge in [-0.25, -0.2) is 4.79 Å². The van der Waals surface area contributed by atoms with E-state index in [-0.39, 0.29) is 5.76 Å². The van der Waals surface area contributed by atoms with Crippen molar-refractivity contribution in [2.24, 2.45) is 7.05 Å². The summed E-state index contributed by atoms with van der Waals surface area (Å²) in [5.41, 5.74) is 0. The van der Waals surface area contributed by atoms with Crippen LogP contribution in [0.15, 0.2) is 21.7 Å². The fraction of sp³-hybridized carbons (Fsp3) is 0.500. The molecule has 1 rings (SSSR count). The fourth-order valence-electron chi connectivity index (χ4n) is 0.324. The lowest BCUT2D eigenvalue weighted by atomic mass is 10.9. The summed E-state index contributed by atoms with van der Waals surface area (Å²) in [6, 6.07) is 0. The van der Waals surface area contributed by atoms with Crippen molar-refractivity contribution in [1.82, 2.24) is 4.57 Å². The molecule has 0 N–H and O–H groups in total. The molecule has 3 nitrogen and oxygen atoms in total. The van der Waals surface area contributed by atoms with Crippen LogP contribution in [-0.4, -0.2) is 4.57 Å². The van der Waals surface area contributed by atoms with Gasteiger partial charge in [-0.1, -0.05) is 13.8 Å². The van der Waals surface area contributed by atoms with E-state index in [2.05, 4.69) is 4.42 Å². The summed E-state index contributed by atoms with van der Waals surface area (Å²) >= 11 is 0. The first-order chi connectivity index (χ1) is 4.30. The number of oxazole rings is 1. The zero-order valence-electron chi connectivity index (χ0n) is 5.92. The minimum Gasteiger partial charge on any atom is -0.416 e. The molecule has 0 aliphatic rings. The Balaban J connectivity index is 0.000000291. The molecule has 0 fully saturated rings. The van der Waals surface area contributed by atoms with Gasteiger partial charge in [-0.3, -0.25) is 4.57 Å². The Bertz CT molecular complexity index is 199. The van der Waals surface area contributed by atoms with E-state index in [1.807, 2.05) is 13.8 Å². The van der Waals surface area contributed by atoms with Gasteiger partial charge in [-0.2, -0.15) is 0 Å². The molecule has 0 saturated carbocycles. The third-order valence-electron chi connectivity index (χ3n) is 0.741. The molecule has 0 atom stereocenters. The van der Waals surface area contributed by atoms with E-state index in [0.29, 0.717) is 0 Å². The number of aryl methyl sites for hydroxylation is 1. The van der Waals surface area contributed by atoms with E-state index < -0.39 is 0 Å². The second-order valence-corrected chi connectivity index (χ2v) is 1.28. The summed E-state index contributed by atoms with van der Waals surface area (Å²) in [5, 5.41) is 0. The molecule has 0 spiro atoms. The maximum Gasteiger partial charge on any atom is 0.418 e. The second kappa shape index (κ2) is 3.95. The zero-order chi connectivity index (χ0) is 7.28. The lowest BCUT2D eigenvalue weighted by molar-refractivity contribution is 0.494. The van der Waals surface area contributed by atoms with Crippen molar-refractivity contribution in [3.05, 3.63) is 23.0 Å². The Hall–Kier alpha value is -0.990. The second-order valence-electron chi connectivity index (χ2n) is 1.28. The quantitative estimate of drug-likeness (QED) is 0.524. The molecule has 0 radical (unpaired) electrons. The molecule has 0 amide bonds. The average Bonchev–Trinajstić information content (AvgIpc) is 2.23. The Labute approximate surface area is 53.9 Å². The maximum absolute atomic E-state index is 10.2. The highest BCUT2D eigenvalue weighted by Crippen LogP contribution is 1.71. The lowest BCUT2D eigenvalue weighted by Gasteiger charge is -1.74. The van der Waals surface area contributed by atoms with Gasteiger partial charge in [0.15, 0.2) is 0 Å². The molecular formula is C6H11NO2. The summed E-state index contributed by atoms with van der Waals surface area (Å²) in [6.07, 6.45) is 2.91. The van der Waals surface area contributed by atoms with Gasteiger partial charge in [0.25, 0.3) is 0 Å². The first kappa shape index (κ1) is 8.01. The van der Waals surface area contributed by atoms with Gasteiger partial charge in [0.1, 0.15) is 6.26 Å². The monoisotopic (exact) mass is 129 g/mol. The Morgan fingerprint density at radius 3 is 2.22 bits per heavy atom. The molecule has 1 aromatic rings. The van der Waals surface area contributed by atoms with Crippen LogP contribution in [0.1, 0.15) is 13.8 Å². The molecule has 0 aliphatic carbocycles. The van der Waals surface area contributed by atoms with E-state index in [1.54, 1.807) is 13.2 Å². The van der Waals surface area contributed by atoms with Gasteiger partial charge in [-0.15, -0.1) is 0 Å². The van der Waals surface area contributed by atoms with Crippen LogP contribution in [0.5, 0.6) is 0 Å². The predicted octanol–water partition coefficient (Wildman–Crippen LogP) is 1.00. The van der Waals surface area contributed by atoms with Gasteiger partial charge in [-0.05, 0) is 0 Å². The SMILES string of the molecule is CC.Cn1ccoc1=O. The summed E-state index contributed by atoms with van der Waals surface area (Å²) in [4.78, 5) is 10.2. The van der Waals surface area contributed by atoms with E-state index in [4.69, 9.17) is 0 Å². The third kappa shape index (κ3) is 2.17. The van der Waals surface area contributed by atoms with Crippen molar-refractivity contribution < 1.29 is 4.42 Å². The van der Waals surface area contributed by atoms with Crippen molar-refractivity contribution in [1.29, 1.82) is 0 Å². The molecule has 9 heavy (non-hydrogen) atoms. The van der Waals surface area contributed by atoms with E-state index in [9.17, 15) is 4.79 Å². The van der Waals surface area contributed by atoms with Gasteiger partial charge in [0, 0.05) is 13.2 Å². The standard InChI is InChI=1S/C4H5NO2.C2H6/c1-5-2-3-7-4(5)6;1-2/h2-3H,1H3;1-2H3. The third-order valence-corrected chi connectivity index (χ3v) is 0.741. The van der Waals surface area contributed by atoms with Crippen LogP contribution in [0.2, 0.25) is 0 Å². The van der Waals surface area contributed by atoms with E-state index in [1.165, 1.54) is 10.8 Å². The van der Waals surface area contributed by atoms with Crippen molar-refractivity contribution in [2.45, 2.75) is 13.8 Å². The molecule has 1 aromatic heterocycles. The Kier molecular flexibility index (Phi) is 3.51. The van der Waals surface area contributed by atoms with Crippen LogP contribution in [0.3, 0.4) is 0 Å². The molecule has 1 heterocycles. The Morgan fingerprint density at radius 2 is 2.11 bits per heavy atom. The first-order valence-electron chi connectivity index (χ1n) is 2.91. The highest BCUT2D eigenvalue weighted by Gasteiger charge is 1.84. The number of aromatic nitrogens is 1. The van der Waals surface area contributed by atoms with Crippen LogP contribution in [-0.2, 0) is 7.05 Å². The predicted molar refractivity (Wildman–Crippen MR) is 35.3 cm³/mol. The van der Waals surface area contributed by atoms with E-state index >= 15 is 0 Å². The summed E-state index contributed by atoms with van der Waals surface area (Å²) in [7, 11) is 1.63. The topological polar surface area (TPSA) is 35.1 Å². The van der Waals surface area contributed by atoms with Gasteiger partial charge >= 0.3 is 5.76 Å². The largest absolute Gasteiger partial charge is 0.418 e. The van der Waals surface area contributed by atoms with Gasteiger partial charge < -0.3 is 4.42 Å². The van der Waals surface area contributed by atoms with Gasteiger partial charge in [0.05, 0.1) is 0 Å². The minimum absolute atomic E-state index is 0.319. The summed E-state index contributed by atoms with van der Waals surface area (Å²) in [6.45, 7) is 4.00. The van der Waals surface area contributed by atoms with Crippen LogP contribution in [0.25, 0.3) is 0 Å². The Morgan fingerprint density at radius 1 is 1.56 bits per heavy atom. The van der Waals surface area contributed by atoms with Crippen LogP contribution < -0.4 is 5.76 Å². The molecule has 0 unspecified atom stereocenters. The molecule has 0 bridgehead atoms. The maximum atomic E-state index is 10.2. The fourth-order valence-corrected chi connectivity index (χ4v) is 0.324. The lowest BCUT2D eigenvalue weighted by Crippen LogP contribution is -2.06. The summed E-state index contributed by atoms with van der Waals surface area (Å²) < 4.78 is 5.73. The molecule has 0 aromatic carbocycles. The highest BCUT2D eigenvalue weighted by molar-refractivity contribution is 4.65. The van der Waals surface area contributed by atoms with Crippen molar-refractivity contribution in [3.63, 3.8) is 0 Å². The number of hydrogen-bond acceptors (Lipinski definition) is 2. The van der Waals surface area contributed by atoms with Crippen molar-refractivity contribution in [2.75, 3.05) is 0 Å². The number of nitrogens with zero attached hydrogens (tertiary/aromatic N) is 1. The number of hydrogen-bond donors (Lipinski definition) is 0. The van der Waals surface area contributed by atoms with E-state index in [0.717, 1.165) is 0 Å². The molecule has 0 aliphatic heterocycles. The van der Waals surface area contributed by atoms with Crippen LogP contribution >= 0.6 is 0 Å².